The van der Waals surface area contributed by atoms with Crippen molar-refractivity contribution < 1.29 is 27.1 Å². The van der Waals surface area contributed by atoms with Crippen LogP contribution >= 0.6 is 0 Å². The van der Waals surface area contributed by atoms with Crippen LogP contribution in [0, 0.1) is 11.3 Å². The van der Waals surface area contributed by atoms with Gasteiger partial charge in [0.2, 0.25) is 0 Å². The molecule has 1 N–H and O–H groups in total. The third-order valence-electron chi connectivity index (χ3n) is 3.98. The van der Waals surface area contributed by atoms with Crippen LogP contribution in [0.4, 0.5) is 22.0 Å². The molecule has 0 amide bonds. The lowest BCUT2D eigenvalue weighted by molar-refractivity contribution is -0.348. The van der Waals surface area contributed by atoms with Gasteiger partial charge in [0.15, 0.2) is 0 Å². The minimum Gasteiger partial charge on any atom is -0.383 e. The van der Waals surface area contributed by atoms with Crippen molar-refractivity contribution in [3.8, 4) is 0 Å². The summed E-state index contributed by atoms with van der Waals surface area (Å²) in [5, 5.41) is 9.65. The summed E-state index contributed by atoms with van der Waals surface area (Å²) in [5.74, 6) is -4.98. The van der Waals surface area contributed by atoms with E-state index in [2.05, 4.69) is 0 Å². The highest BCUT2D eigenvalue weighted by Crippen LogP contribution is 2.52. The molecular weight excluding hydrogens is 255 g/mol. The molecule has 1 nitrogen and oxygen atoms in total. The molecule has 0 saturated heterocycles. The third-order valence-corrected chi connectivity index (χ3v) is 3.98. The van der Waals surface area contributed by atoms with E-state index in [1.807, 2.05) is 20.8 Å². The molecule has 0 bridgehead atoms. The van der Waals surface area contributed by atoms with Crippen LogP contribution in [0.2, 0.25) is 0 Å². The SMILES string of the molecule is CC(C)(C)C1CCC(O)(C(F)(F)C(F)(F)F)CC1. The van der Waals surface area contributed by atoms with Crippen LogP contribution in [0.15, 0.2) is 0 Å². The zero-order chi connectivity index (χ0) is 14.4. The van der Waals surface area contributed by atoms with Crippen LogP contribution in [-0.4, -0.2) is 22.8 Å². The monoisotopic (exact) mass is 274 g/mol. The predicted octanol–water partition coefficient (Wildman–Crippen LogP) is 4.15. The lowest BCUT2D eigenvalue weighted by Crippen LogP contribution is -2.58. The van der Waals surface area contributed by atoms with Crippen molar-refractivity contribution in [2.45, 2.75) is 64.2 Å². The van der Waals surface area contributed by atoms with Crippen molar-refractivity contribution >= 4 is 0 Å². The molecule has 1 rings (SSSR count). The average Bonchev–Trinajstić information content (AvgIpc) is 2.14. The van der Waals surface area contributed by atoms with E-state index in [1.54, 1.807) is 0 Å². The van der Waals surface area contributed by atoms with Crippen LogP contribution < -0.4 is 0 Å². The lowest BCUT2D eigenvalue weighted by atomic mass is 9.67. The number of hydrogen-bond donors (Lipinski definition) is 1. The molecule has 1 saturated carbocycles. The number of alkyl halides is 5. The van der Waals surface area contributed by atoms with E-state index in [0.717, 1.165) is 0 Å². The average molecular weight is 274 g/mol. The van der Waals surface area contributed by atoms with Gasteiger partial charge >= 0.3 is 12.1 Å². The Hall–Kier alpha value is -0.390. The van der Waals surface area contributed by atoms with Gasteiger partial charge in [-0.25, -0.2) is 0 Å². The zero-order valence-electron chi connectivity index (χ0n) is 10.7. The van der Waals surface area contributed by atoms with Gasteiger partial charge in [-0.05, 0) is 37.0 Å². The van der Waals surface area contributed by atoms with E-state index >= 15 is 0 Å². The van der Waals surface area contributed by atoms with Crippen LogP contribution in [-0.2, 0) is 0 Å². The molecule has 6 heteroatoms. The summed E-state index contributed by atoms with van der Waals surface area (Å²) in [6.07, 6.45) is -6.35. The Morgan fingerprint density at radius 3 is 1.61 bits per heavy atom. The summed E-state index contributed by atoms with van der Waals surface area (Å²) in [5.41, 5.74) is -3.10. The van der Waals surface area contributed by atoms with Crippen LogP contribution in [0.5, 0.6) is 0 Å². The number of halogens is 5. The van der Waals surface area contributed by atoms with Gasteiger partial charge < -0.3 is 5.11 Å². The highest BCUT2D eigenvalue weighted by Gasteiger charge is 2.69. The quantitative estimate of drug-likeness (QED) is 0.712. The van der Waals surface area contributed by atoms with Crippen molar-refractivity contribution in [1.29, 1.82) is 0 Å². The van der Waals surface area contributed by atoms with Gasteiger partial charge in [-0.2, -0.15) is 22.0 Å². The molecule has 0 unspecified atom stereocenters. The van der Waals surface area contributed by atoms with Gasteiger partial charge in [-0.3, -0.25) is 0 Å². The van der Waals surface area contributed by atoms with E-state index in [9.17, 15) is 27.1 Å². The first-order valence-electron chi connectivity index (χ1n) is 5.98. The van der Waals surface area contributed by atoms with E-state index < -0.39 is 30.5 Å². The second-order valence-corrected chi connectivity index (χ2v) is 6.24. The Morgan fingerprint density at radius 2 is 1.33 bits per heavy atom. The smallest absolute Gasteiger partial charge is 0.383 e. The van der Waals surface area contributed by atoms with Gasteiger partial charge in [0.05, 0.1) is 0 Å². The second-order valence-electron chi connectivity index (χ2n) is 6.24. The van der Waals surface area contributed by atoms with E-state index in [-0.39, 0.29) is 24.2 Å². The number of rotatable bonds is 1. The predicted molar refractivity (Wildman–Crippen MR) is 57.4 cm³/mol. The van der Waals surface area contributed by atoms with Crippen molar-refractivity contribution in [3.63, 3.8) is 0 Å². The maximum absolute atomic E-state index is 13.2. The molecule has 0 aromatic rings. The maximum Gasteiger partial charge on any atom is 0.456 e. The van der Waals surface area contributed by atoms with Crippen LogP contribution in [0.25, 0.3) is 0 Å². The van der Waals surface area contributed by atoms with E-state index in [4.69, 9.17) is 0 Å². The molecule has 0 aliphatic heterocycles. The number of aliphatic hydroxyl groups is 1. The Kier molecular flexibility index (Phi) is 3.76. The highest BCUT2D eigenvalue weighted by molar-refractivity contribution is 5.01. The molecular formula is C12H19F5O. The van der Waals surface area contributed by atoms with Crippen molar-refractivity contribution in [2.24, 2.45) is 11.3 Å². The van der Waals surface area contributed by atoms with Crippen molar-refractivity contribution in [3.05, 3.63) is 0 Å². The van der Waals surface area contributed by atoms with Crippen molar-refractivity contribution in [1.82, 2.24) is 0 Å². The summed E-state index contributed by atoms with van der Waals surface area (Å²) in [7, 11) is 0. The minimum atomic E-state index is -5.70. The fourth-order valence-electron chi connectivity index (χ4n) is 2.54. The summed E-state index contributed by atoms with van der Waals surface area (Å²) in [6, 6.07) is 0. The Bertz CT molecular complexity index is 295. The molecule has 18 heavy (non-hydrogen) atoms. The molecule has 1 aliphatic rings. The summed E-state index contributed by atoms with van der Waals surface area (Å²) < 4.78 is 63.4. The lowest BCUT2D eigenvalue weighted by Gasteiger charge is -2.44. The van der Waals surface area contributed by atoms with Crippen LogP contribution in [0.1, 0.15) is 46.5 Å². The molecule has 0 aromatic carbocycles. The summed E-state index contributed by atoms with van der Waals surface area (Å²) in [6.45, 7) is 5.76. The first-order valence-corrected chi connectivity index (χ1v) is 5.98. The highest BCUT2D eigenvalue weighted by atomic mass is 19.4. The fourth-order valence-corrected chi connectivity index (χ4v) is 2.54. The Balaban J connectivity index is 2.83. The zero-order valence-corrected chi connectivity index (χ0v) is 10.7. The first-order chi connectivity index (χ1) is 7.81. The topological polar surface area (TPSA) is 20.2 Å². The maximum atomic E-state index is 13.2. The molecule has 0 atom stereocenters. The second kappa shape index (κ2) is 4.32. The first kappa shape index (κ1) is 15.7. The molecule has 1 aliphatic carbocycles. The summed E-state index contributed by atoms with van der Waals surface area (Å²) >= 11 is 0. The molecule has 0 aromatic heterocycles. The summed E-state index contributed by atoms with van der Waals surface area (Å²) in [4.78, 5) is 0. The van der Waals surface area contributed by atoms with Gasteiger partial charge in [0, 0.05) is 0 Å². The fraction of sp³-hybridized carbons (Fsp3) is 1.00. The largest absolute Gasteiger partial charge is 0.456 e. The molecule has 1 fully saturated rings. The van der Waals surface area contributed by atoms with Gasteiger partial charge in [0.1, 0.15) is 5.60 Å². The van der Waals surface area contributed by atoms with Gasteiger partial charge in [0.25, 0.3) is 0 Å². The van der Waals surface area contributed by atoms with Gasteiger partial charge in [-0.1, -0.05) is 20.8 Å². The molecule has 0 radical (unpaired) electrons. The van der Waals surface area contributed by atoms with E-state index in [1.165, 1.54) is 0 Å². The van der Waals surface area contributed by atoms with Gasteiger partial charge in [-0.15, -0.1) is 0 Å². The Labute approximate surface area is 103 Å². The molecule has 0 heterocycles. The minimum absolute atomic E-state index is 0.0572. The standard InChI is InChI=1S/C12H19F5O/c1-9(2,3)8-4-6-10(18,7-5-8)11(13,14)12(15,16)17/h8,18H,4-7H2,1-3H3. The van der Waals surface area contributed by atoms with Crippen molar-refractivity contribution in [2.75, 3.05) is 0 Å². The number of hydrogen-bond acceptors (Lipinski definition) is 1. The normalized spacial score (nSPS) is 31.5. The van der Waals surface area contributed by atoms with Crippen LogP contribution in [0.3, 0.4) is 0 Å². The Morgan fingerprint density at radius 1 is 0.944 bits per heavy atom. The molecule has 108 valence electrons. The third kappa shape index (κ3) is 2.63. The van der Waals surface area contributed by atoms with E-state index in [0.29, 0.717) is 0 Å². The molecule has 0 spiro atoms.